The summed E-state index contributed by atoms with van der Waals surface area (Å²) in [5.41, 5.74) is -0.239. The summed E-state index contributed by atoms with van der Waals surface area (Å²) in [4.78, 5) is 24.6. The maximum atomic E-state index is 11.8. The molecule has 0 unspecified atom stereocenters. The lowest BCUT2D eigenvalue weighted by molar-refractivity contribution is -0.146. The summed E-state index contributed by atoms with van der Waals surface area (Å²) in [7, 11) is 1.60. The van der Waals surface area contributed by atoms with Gasteiger partial charge in [0.2, 0.25) is 11.8 Å². The SMILES string of the molecule is CC(C)NC(=O)CN(C)C(=O)COC1(C)CNC1. The molecule has 0 aromatic carbocycles. The number of rotatable bonds is 6. The Hall–Kier alpha value is -1.14. The van der Waals surface area contributed by atoms with E-state index in [0.29, 0.717) is 0 Å². The lowest BCUT2D eigenvalue weighted by atomic mass is 10.0. The zero-order valence-corrected chi connectivity index (χ0v) is 11.6. The molecule has 0 aromatic rings. The summed E-state index contributed by atoms with van der Waals surface area (Å²) >= 11 is 0. The number of nitrogens with zero attached hydrogens (tertiary/aromatic N) is 1. The first kappa shape index (κ1) is 14.9. The molecule has 6 heteroatoms. The molecular weight excluding hydrogens is 234 g/mol. The largest absolute Gasteiger partial charge is 0.363 e. The number of nitrogens with one attached hydrogen (secondary N) is 2. The fourth-order valence-corrected chi connectivity index (χ4v) is 1.60. The standard InChI is InChI=1S/C12H23N3O3/c1-9(2)14-10(16)5-15(4)11(17)6-18-12(3)7-13-8-12/h9,13H,5-8H2,1-4H3,(H,14,16). The molecule has 1 rings (SSSR count). The molecule has 0 bridgehead atoms. The molecule has 6 nitrogen and oxygen atoms in total. The van der Waals surface area contributed by atoms with Crippen LogP contribution in [0.1, 0.15) is 20.8 Å². The summed E-state index contributed by atoms with van der Waals surface area (Å²) in [6.07, 6.45) is 0. The van der Waals surface area contributed by atoms with Gasteiger partial charge in [0.15, 0.2) is 0 Å². The number of likely N-dealkylation sites (N-methyl/N-ethyl adjacent to an activating group) is 1. The Labute approximate surface area is 108 Å². The number of carbonyl (C=O) groups excluding carboxylic acids is 2. The number of hydrogen-bond acceptors (Lipinski definition) is 4. The van der Waals surface area contributed by atoms with Crippen molar-refractivity contribution in [2.45, 2.75) is 32.4 Å². The van der Waals surface area contributed by atoms with Crippen LogP contribution in [0.25, 0.3) is 0 Å². The third-order valence-corrected chi connectivity index (χ3v) is 2.80. The molecule has 0 aliphatic carbocycles. The zero-order chi connectivity index (χ0) is 13.8. The second-order valence-electron chi connectivity index (χ2n) is 5.31. The Morgan fingerprint density at radius 1 is 1.44 bits per heavy atom. The van der Waals surface area contributed by atoms with E-state index in [1.807, 2.05) is 20.8 Å². The number of carbonyl (C=O) groups is 2. The van der Waals surface area contributed by atoms with E-state index in [1.54, 1.807) is 7.05 Å². The topological polar surface area (TPSA) is 70.7 Å². The monoisotopic (exact) mass is 257 g/mol. The normalized spacial score (nSPS) is 17.2. The van der Waals surface area contributed by atoms with Crippen LogP contribution in [0.5, 0.6) is 0 Å². The van der Waals surface area contributed by atoms with E-state index in [2.05, 4.69) is 10.6 Å². The van der Waals surface area contributed by atoms with Crippen LogP contribution in [0.3, 0.4) is 0 Å². The molecule has 1 aliphatic rings. The minimum Gasteiger partial charge on any atom is -0.363 e. The molecule has 18 heavy (non-hydrogen) atoms. The Kier molecular flexibility index (Phi) is 5.10. The van der Waals surface area contributed by atoms with Gasteiger partial charge in [-0.1, -0.05) is 0 Å². The second-order valence-corrected chi connectivity index (χ2v) is 5.31. The van der Waals surface area contributed by atoms with Crippen LogP contribution in [0.2, 0.25) is 0 Å². The molecule has 1 fully saturated rings. The second kappa shape index (κ2) is 6.15. The highest BCUT2D eigenvalue weighted by atomic mass is 16.5. The fourth-order valence-electron chi connectivity index (χ4n) is 1.60. The van der Waals surface area contributed by atoms with Crippen LogP contribution in [-0.4, -0.2) is 61.6 Å². The summed E-state index contributed by atoms with van der Waals surface area (Å²) < 4.78 is 5.53. The molecule has 104 valence electrons. The molecule has 0 aromatic heterocycles. The highest BCUT2D eigenvalue weighted by molar-refractivity contribution is 5.85. The van der Waals surface area contributed by atoms with Gasteiger partial charge in [-0.2, -0.15) is 0 Å². The van der Waals surface area contributed by atoms with Gasteiger partial charge in [-0.05, 0) is 20.8 Å². The predicted molar refractivity (Wildman–Crippen MR) is 68.1 cm³/mol. The van der Waals surface area contributed by atoms with Crippen molar-refractivity contribution in [2.75, 3.05) is 33.3 Å². The predicted octanol–water partition coefficient (Wildman–Crippen LogP) is -0.652. The summed E-state index contributed by atoms with van der Waals surface area (Å²) in [6.45, 7) is 7.33. The molecule has 1 aliphatic heterocycles. The van der Waals surface area contributed by atoms with E-state index < -0.39 is 0 Å². The number of hydrogen-bond donors (Lipinski definition) is 2. The molecule has 0 spiro atoms. The summed E-state index contributed by atoms with van der Waals surface area (Å²) in [6, 6.07) is 0.0808. The third-order valence-electron chi connectivity index (χ3n) is 2.80. The smallest absolute Gasteiger partial charge is 0.248 e. The van der Waals surface area contributed by atoms with Crippen LogP contribution >= 0.6 is 0 Å². The van der Waals surface area contributed by atoms with Gasteiger partial charge in [0.05, 0.1) is 12.1 Å². The van der Waals surface area contributed by atoms with Gasteiger partial charge in [0, 0.05) is 26.2 Å². The molecule has 1 heterocycles. The van der Waals surface area contributed by atoms with E-state index in [9.17, 15) is 9.59 Å². The average Bonchev–Trinajstić information content (AvgIpc) is 2.21. The third kappa shape index (κ3) is 4.62. The van der Waals surface area contributed by atoms with E-state index in [-0.39, 0.29) is 36.6 Å². The Balaban J connectivity index is 2.26. The van der Waals surface area contributed by atoms with Gasteiger partial charge in [-0.15, -0.1) is 0 Å². The first-order valence-electron chi connectivity index (χ1n) is 6.20. The van der Waals surface area contributed by atoms with Gasteiger partial charge in [0.1, 0.15) is 6.61 Å². The van der Waals surface area contributed by atoms with Crippen molar-refractivity contribution in [3.05, 3.63) is 0 Å². The van der Waals surface area contributed by atoms with E-state index >= 15 is 0 Å². The van der Waals surface area contributed by atoms with Crippen LogP contribution in [0.15, 0.2) is 0 Å². The molecule has 0 radical (unpaired) electrons. The van der Waals surface area contributed by atoms with E-state index in [1.165, 1.54) is 4.90 Å². The molecule has 2 amide bonds. The molecule has 2 N–H and O–H groups in total. The Bertz CT molecular complexity index is 314. The quantitative estimate of drug-likeness (QED) is 0.663. The fraction of sp³-hybridized carbons (Fsp3) is 0.833. The maximum Gasteiger partial charge on any atom is 0.248 e. The van der Waals surface area contributed by atoms with Crippen molar-refractivity contribution in [1.82, 2.24) is 15.5 Å². The van der Waals surface area contributed by atoms with Gasteiger partial charge < -0.3 is 20.3 Å². The lowest BCUT2D eigenvalue weighted by Crippen LogP contribution is -2.59. The minimum absolute atomic E-state index is 0.0175. The van der Waals surface area contributed by atoms with Crippen molar-refractivity contribution >= 4 is 11.8 Å². The maximum absolute atomic E-state index is 11.8. The van der Waals surface area contributed by atoms with E-state index in [4.69, 9.17) is 4.74 Å². The first-order chi connectivity index (χ1) is 8.32. The van der Waals surface area contributed by atoms with Crippen molar-refractivity contribution in [2.24, 2.45) is 0 Å². The summed E-state index contributed by atoms with van der Waals surface area (Å²) in [5.74, 6) is -0.334. The minimum atomic E-state index is -0.239. The van der Waals surface area contributed by atoms with Crippen LogP contribution in [0, 0.1) is 0 Å². The van der Waals surface area contributed by atoms with Crippen molar-refractivity contribution in [1.29, 1.82) is 0 Å². The van der Waals surface area contributed by atoms with Gasteiger partial charge in [-0.25, -0.2) is 0 Å². The Morgan fingerprint density at radius 3 is 2.50 bits per heavy atom. The Morgan fingerprint density at radius 2 is 2.06 bits per heavy atom. The lowest BCUT2D eigenvalue weighted by Gasteiger charge is -2.39. The zero-order valence-electron chi connectivity index (χ0n) is 11.6. The van der Waals surface area contributed by atoms with Crippen LogP contribution in [0.4, 0.5) is 0 Å². The molecular formula is C12H23N3O3. The van der Waals surface area contributed by atoms with Gasteiger partial charge >= 0.3 is 0 Å². The summed E-state index contributed by atoms with van der Waals surface area (Å²) in [5, 5.41) is 5.83. The van der Waals surface area contributed by atoms with Crippen LogP contribution in [-0.2, 0) is 14.3 Å². The molecule has 0 saturated carbocycles. The van der Waals surface area contributed by atoms with Crippen molar-refractivity contribution in [3.8, 4) is 0 Å². The molecule has 0 atom stereocenters. The molecule has 1 saturated heterocycles. The van der Waals surface area contributed by atoms with Crippen molar-refractivity contribution < 1.29 is 14.3 Å². The highest BCUT2D eigenvalue weighted by Gasteiger charge is 2.33. The van der Waals surface area contributed by atoms with Gasteiger partial charge in [-0.3, -0.25) is 9.59 Å². The van der Waals surface area contributed by atoms with Gasteiger partial charge in [0.25, 0.3) is 0 Å². The average molecular weight is 257 g/mol. The van der Waals surface area contributed by atoms with Crippen LogP contribution < -0.4 is 10.6 Å². The number of ether oxygens (including phenoxy) is 1. The van der Waals surface area contributed by atoms with E-state index in [0.717, 1.165) is 13.1 Å². The highest BCUT2D eigenvalue weighted by Crippen LogP contribution is 2.14. The number of amides is 2. The first-order valence-corrected chi connectivity index (χ1v) is 6.20. The van der Waals surface area contributed by atoms with Crippen molar-refractivity contribution in [3.63, 3.8) is 0 Å².